The minimum absolute atomic E-state index is 0.00676. The summed E-state index contributed by atoms with van der Waals surface area (Å²) in [4.78, 5) is 20.7. The van der Waals surface area contributed by atoms with E-state index >= 15 is 0 Å². The molecule has 0 aromatic heterocycles. The molecule has 0 saturated carbocycles. The van der Waals surface area contributed by atoms with Crippen LogP contribution in [0, 0.1) is 0 Å². The van der Waals surface area contributed by atoms with Crippen molar-refractivity contribution in [2.24, 2.45) is 10.9 Å². The fraction of sp³-hybridized carbons (Fsp3) is 0.500. The molecule has 68 valence electrons. The molecule has 0 saturated heterocycles. The lowest BCUT2D eigenvalue weighted by Gasteiger charge is -1.96. The number of carbonyl (C=O) groups excluding carboxylic acids is 1. The van der Waals surface area contributed by atoms with Gasteiger partial charge < -0.3 is 16.3 Å². The Kier molecular flexibility index (Phi) is 5.33. The molecule has 0 heterocycles. The van der Waals surface area contributed by atoms with Crippen molar-refractivity contribution in [3.8, 4) is 0 Å². The van der Waals surface area contributed by atoms with Crippen LogP contribution in [0.15, 0.2) is 5.10 Å². The second-order valence-corrected chi connectivity index (χ2v) is 2.09. The van der Waals surface area contributed by atoms with Crippen LogP contribution in [0.25, 0.3) is 0 Å². The third-order valence-corrected chi connectivity index (χ3v) is 1.09. The zero-order valence-corrected chi connectivity index (χ0v) is 6.49. The van der Waals surface area contributed by atoms with Crippen LogP contribution in [-0.4, -0.2) is 23.3 Å². The van der Waals surface area contributed by atoms with E-state index in [9.17, 15) is 9.59 Å². The molecule has 0 radical (unpaired) electrons. The van der Waals surface area contributed by atoms with E-state index in [1.807, 2.05) is 0 Å². The Balaban J connectivity index is 3.38. The number of hydrazone groups is 1. The normalized spacial score (nSPS) is 10.0. The molecule has 0 fully saturated rings. The van der Waals surface area contributed by atoms with E-state index in [4.69, 9.17) is 10.9 Å². The molecular weight excluding hydrogens is 162 g/mol. The number of nitrogens with one attached hydrogen (secondary N) is 1. The Morgan fingerprint density at radius 3 is 2.67 bits per heavy atom. The number of aliphatic carboxylic acids is 1. The second-order valence-electron chi connectivity index (χ2n) is 2.09. The number of hydrogen-bond acceptors (Lipinski definition) is 4. The van der Waals surface area contributed by atoms with E-state index in [-0.39, 0.29) is 18.7 Å². The largest absolute Gasteiger partial charge is 0.481 e. The van der Waals surface area contributed by atoms with Crippen LogP contribution in [0.1, 0.15) is 19.3 Å². The molecule has 6 nitrogen and oxygen atoms in total. The van der Waals surface area contributed by atoms with Crippen molar-refractivity contribution in [3.05, 3.63) is 0 Å². The van der Waals surface area contributed by atoms with Gasteiger partial charge in [-0.2, -0.15) is 5.10 Å². The van der Waals surface area contributed by atoms with Crippen molar-refractivity contribution in [1.82, 2.24) is 5.32 Å². The lowest BCUT2D eigenvalue weighted by Crippen LogP contribution is -2.21. The minimum Gasteiger partial charge on any atom is -0.481 e. The molecule has 0 aliphatic rings. The standard InChI is InChI=1S/C6H11N3O3/c7-9-4-8-5(10)2-1-3-6(11)12/h4H,1-3,7H2,(H,11,12)(H,8,9,10). The quantitative estimate of drug-likeness (QED) is 0.220. The zero-order chi connectivity index (χ0) is 9.40. The molecule has 0 rings (SSSR count). The lowest BCUT2D eigenvalue weighted by atomic mass is 10.2. The van der Waals surface area contributed by atoms with Crippen molar-refractivity contribution in [1.29, 1.82) is 0 Å². The minimum atomic E-state index is -0.907. The Morgan fingerprint density at radius 2 is 2.17 bits per heavy atom. The van der Waals surface area contributed by atoms with Gasteiger partial charge in [-0.25, -0.2) is 0 Å². The van der Waals surface area contributed by atoms with E-state index < -0.39 is 5.97 Å². The zero-order valence-electron chi connectivity index (χ0n) is 6.49. The van der Waals surface area contributed by atoms with Gasteiger partial charge in [0.2, 0.25) is 5.91 Å². The Morgan fingerprint density at radius 1 is 1.50 bits per heavy atom. The summed E-state index contributed by atoms with van der Waals surface area (Å²) in [5.41, 5.74) is 0. The highest BCUT2D eigenvalue weighted by molar-refractivity contribution is 5.87. The first-order valence-corrected chi connectivity index (χ1v) is 3.39. The third kappa shape index (κ3) is 6.53. The second kappa shape index (κ2) is 6.14. The van der Waals surface area contributed by atoms with Gasteiger partial charge in [0.05, 0.1) is 0 Å². The molecular formula is C6H11N3O3. The highest BCUT2D eigenvalue weighted by Gasteiger charge is 2.01. The number of hydrogen-bond donors (Lipinski definition) is 3. The van der Waals surface area contributed by atoms with Gasteiger partial charge >= 0.3 is 5.97 Å². The molecule has 0 aliphatic heterocycles. The average Bonchev–Trinajstić information content (AvgIpc) is 2.00. The van der Waals surface area contributed by atoms with E-state index in [0.29, 0.717) is 6.42 Å². The maximum atomic E-state index is 10.7. The summed E-state index contributed by atoms with van der Waals surface area (Å²) in [6.07, 6.45) is 1.54. The number of carboxylic acid groups (broad SMARTS) is 1. The summed E-state index contributed by atoms with van der Waals surface area (Å²) in [5, 5.41) is 13.5. The summed E-state index contributed by atoms with van der Waals surface area (Å²) in [6.45, 7) is 0. The number of carboxylic acids is 1. The molecule has 0 aromatic rings. The first kappa shape index (κ1) is 10.4. The Bertz CT molecular complexity index is 190. The molecule has 0 bridgehead atoms. The summed E-state index contributed by atoms with van der Waals surface area (Å²) in [7, 11) is 0. The highest BCUT2D eigenvalue weighted by atomic mass is 16.4. The summed E-state index contributed by atoms with van der Waals surface area (Å²) in [5.74, 6) is 3.52. The van der Waals surface area contributed by atoms with Crippen molar-refractivity contribution in [3.63, 3.8) is 0 Å². The Hall–Kier alpha value is -1.59. The molecule has 0 atom stereocenters. The van der Waals surface area contributed by atoms with Crippen LogP contribution < -0.4 is 11.2 Å². The number of rotatable bonds is 5. The number of carbonyl (C=O) groups is 2. The van der Waals surface area contributed by atoms with Gasteiger partial charge in [-0.05, 0) is 6.42 Å². The van der Waals surface area contributed by atoms with Gasteiger partial charge in [0.15, 0.2) is 0 Å². The van der Waals surface area contributed by atoms with Crippen LogP contribution >= 0.6 is 0 Å². The number of amides is 1. The molecule has 0 spiro atoms. The van der Waals surface area contributed by atoms with Crippen LogP contribution in [0.2, 0.25) is 0 Å². The lowest BCUT2D eigenvalue weighted by molar-refractivity contribution is -0.137. The number of nitrogens with two attached hydrogens (primary N) is 1. The van der Waals surface area contributed by atoms with Crippen molar-refractivity contribution in [2.45, 2.75) is 19.3 Å². The fourth-order valence-corrected chi connectivity index (χ4v) is 0.582. The topological polar surface area (TPSA) is 105 Å². The van der Waals surface area contributed by atoms with Crippen molar-refractivity contribution < 1.29 is 14.7 Å². The van der Waals surface area contributed by atoms with E-state index in [2.05, 4.69) is 10.4 Å². The average molecular weight is 173 g/mol. The summed E-state index contributed by atoms with van der Waals surface area (Å²) < 4.78 is 0. The van der Waals surface area contributed by atoms with Gasteiger partial charge in [0.1, 0.15) is 6.34 Å². The van der Waals surface area contributed by atoms with Crippen LogP contribution in [0.5, 0.6) is 0 Å². The first-order chi connectivity index (χ1) is 5.66. The fourth-order valence-electron chi connectivity index (χ4n) is 0.582. The Labute approximate surface area is 69.4 Å². The maximum Gasteiger partial charge on any atom is 0.303 e. The van der Waals surface area contributed by atoms with Gasteiger partial charge in [0.25, 0.3) is 0 Å². The van der Waals surface area contributed by atoms with Crippen LogP contribution in [-0.2, 0) is 9.59 Å². The SMILES string of the molecule is NN=CNC(=O)CCCC(=O)O. The van der Waals surface area contributed by atoms with Crippen molar-refractivity contribution >= 4 is 18.2 Å². The molecule has 6 heteroatoms. The smallest absolute Gasteiger partial charge is 0.303 e. The van der Waals surface area contributed by atoms with Gasteiger partial charge in [-0.1, -0.05) is 0 Å². The van der Waals surface area contributed by atoms with E-state index in [1.54, 1.807) is 0 Å². The predicted octanol–water partition coefficient (Wildman–Crippen LogP) is -0.741. The predicted molar refractivity (Wildman–Crippen MR) is 42.3 cm³/mol. The first-order valence-electron chi connectivity index (χ1n) is 3.39. The van der Waals surface area contributed by atoms with Gasteiger partial charge in [-0.15, -0.1) is 0 Å². The molecule has 0 aliphatic carbocycles. The monoisotopic (exact) mass is 173 g/mol. The summed E-state index contributed by atoms with van der Waals surface area (Å²) in [6, 6.07) is 0. The van der Waals surface area contributed by atoms with Crippen LogP contribution in [0.4, 0.5) is 0 Å². The van der Waals surface area contributed by atoms with Crippen LogP contribution in [0.3, 0.4) is 0 Å². The summed E-state index contributed by atoms with van der Waals surface area (Å²) >= 11 is 0. The van der Waals surface area contributed by atoms with E-state index in [0.717, 1.165) is 6.34 Å². The third-order valence-electron chi connectivity index (χ3n) is 1.09. The molecule has 4 N–H and O–H groups in total. The molecule has 0 unspecified atom stereocenters. The maximum absolute atomic E-state index is 10.7. The molecule has 0 aromatic carbocycles. The molecule has 12 heavy (non-hydrogen) atoms. The van der Waals surface area contributed by atoms with E-state index in [1.165, 1.54) is 0 Å². The van der Waals surface area contributed by atoms with Gasteiger partial charge in [0, 0.05) is 12.8 Å². The highest BCUT2D eigenvalue weighted by Crippen LogP contribution is 1.93. The number of nitrogens with zero attached hydrogens (tertiary/aromatic N) is 1. The molecule has 1 amide bonds. The van der Waals surface area contributed by atoms with Crippen molar-refractivity contribution in [2.75, 3.05) is 0 Å². The van der Waals surface area contributed by atoms with Gasteiger partial charge in [-0.3, -0.25) is 9.59 Å².